The number of amides is 1. The van der Waals surface area contributed by atoms with Gasteiger partial charge in [0.25, 0.3) is 5.91 Å². The standard InChI is InChI=1S/C11H12ClN5O2/c1-13-9-5-7(4-8(12)17-9)11(18)14-3-2-10-15-6-16-19-10/h4-6H,2-3H2,1H3,(H,13,17)(H,14,18). The first kappa shape index (κ1) is 13.3. The minimum Gasteiger partial charge on any atom is -0.373 e. The molecule has 0 atom stereocenters. The van der Waals surface area contributed by atoms with E-state index in [-0.39, 0.29) is 11.1 Å². The quantitative estimate of drug-likeness (QED) is 0.798. The van der Waals surface area contributed by atoms with E-state index < -0.39 is 0 Å². The number of rotatable bonds is 5. The molecular formula is C11H12ClN5O2. The molecule has 0 aromatic carbocycles. The van der Waals surface area contributed by atoms with E-state index in [1.165, 1.54) is 12.4 Å². The van der Waals surface area contributed by atoms with Crippen LogP contribution in [0.4, 0.5) is 5.82 Å². The number of anilines is 1. The van der Waals surface area contributed by atoms with E-state index in [1.807, 2.05) is 0 Å². The molecule has 2 rings (SSSR count). The average Bonchev–Trinajstić information content (AvgIpc) is 2.91. The lowest BCUT2D eigenvalue weighted by atomic mass is 10.2. The number of carbonyl (C=O) groups is 1. The number of hydrogen-bond donors (Lipinski definition) is 2. The van der Waals surface area contributed by atoms with Crippen molar-refractivity contribution in [1.82, 2.24) is 20.4 Å². The molecule has 1 amide bonds. The maximum absolute atomic E-state index is 11.9. The van der Waals surface area contributed by atoms with Crippen molar-refractivity contribution in [2.45, 2.75) is 6.42 Å². The molecule has 0 bridgehead atoms. The van der Waals surface area contributed by atoms with Gasteiger partial charge in [0, 0.05) is 25.6 Å². The van der Waals surface area contributed by atoms with Crippen LogP contribution < -0.4 is 10.6 Å². The Balaban J connectivity index is 1.94. The molecule has 8 heteroatoms. The molecule has 0 spiro atoms. The molecule has 0 unspecified atom stereocenters. The zero-order valence-electron chi connectivity index (χ0n) is 10.2. The number of hydrogen-bond acceptors (Lipinski definition) is 6. The van der Waals surface area contributed by atoms with Crippen molar-refractivity contribution in [3.63, 3.8) is 0 Å². The van der Waals surface area contributed by atoms with Gasteiger partial charge >= 0.3 is 0 Å². The maximum Gasteiger partial charge on any atom is 0.251 e. The van der Waals surface area contributed by atoms with E-state index in [0.29, 0.717) is 30.2 Å². The number of nitrogens with zero attached hydrogens (tertiary/aromatic N) is 3. The van der Waals surface area contributed by atoms with Crippen LogP contribution in [0.1, 0.15) is 16.2 Å². The predicted octanol–water partition coefficient (Wildman–Crippen LogP) is 1.13. The third kappa shape index (κ3) is 3.65. The van der Waals surface area contributed by atoms with Gasteiger partial charge in [0.1, 0.15) is 11.0 Å². The first-order valence-corrected chi connectivity index (χ1v) is 5.96. The largest absolute Gasteiger partial charge is 0.373 e. The van der Waals surface area contributed by atoms with Crippen molar-refractivity contribution in [2.24, 2.45) is 0 Å². The van der Waals surface area contributed by atoms with Crippen molar-refractivity contribution in [1.29, 1.82) is 0 Å². The van der Waals surface area contributed by atoms with Gasteiger partial charge in [-0.3, -0.25) is 4.79 Å². The van der Waals surface area contributed by atoms with E-state index in [1.54, 1.807) is 13.1 Å². The van der Waals surface area contributed by atoms with Gasteiger partial charge in [-0.1, -0.05) is 16.8 Å². The van der Waals surface area contributed by atoms with Gasteiger partial charge in [-0.2, -0.15) is 4.98 Å². The third-order valence-corrected chi connectivity index (χ3v) is 2.54. The molecule has 0 fully saturated rings. The van der Waals surface area contributed by atoms with Crippen LogP contribution in [-0.2, 0) is 6.42 Å². The van der Waals surface area contributed by atoms with Gasteiger partial charge in [0.2, 0.25) is 5.89 Å². The van der Waals surface area contributed by atoms with Crippen LogP contribution in [0.3, 0.4) is 0 Å². The molecule has 0 aliphatic carbocycles. The molecule has 7 nitrogen and oxygen atoms in total. The molecule has 2 aromatic rings. The lowest BCUT2D eigenvalue weighted by molar-refractivity contribution is 0.0953. The van der Waals surface area contributed by atoms with E-state index in [0.717, 1.165) is 0 Å². The number of carbonyl (C=O) groups excluding carboxylic acids is 1. The Kier molecular flexibility index (Phi) is 4.30. The van der Waals surface area contributed by atoms with Crippen LogP contribution >= 0.6 is 11.6 Å². The van der Waals surface area contributed by atoms with Gasteiger partial charge in [0.15, 0.2) is 6.33 Å². The summed E-state index contributed by atoms with van der Waals surface area (Å²) in [7, 11) is 1.70. The summed E-state index contributed by atoms with van der Waals surface area (Å²) in [6, 6.07) is 3.12. The highest BCUT2D eigenvalue weighted by atomic mass is 35.5. The molecule has 19 heavy (non-hydrogen) atoms. The van der Waals surface area contributed by atoms with Crippen LogP contribution in [0.5, 0.6) is 0 Å². The summed E-state index contributed by atoms with van der Waals surface area (Å²) >= 11 is 5.82. The lowest BCUT2D eigenvalue weighted by Crippen LogP contribution is -2.26. The minimum atomic E-state index is -0.236. The van der Waals surface area contributed by atoms with Crippen LogP contribution in [-0.4, -0.2) is 34.6 Å². The summed E-state index contributed by atoms with van der Waals surface area (Å²) in [5.41, 5.74) is 0.440. The van der Waals surface area contributed by atoms with Crippen molar-refractivity contribution in [3.8, 4) is 0 Å². The third-order valence-electron chi connectivity index (χ3n) is 2.34. The second-order valence-electron chi connectivity index (χ2n) is 3.65. The Hall–Kier alpha value is -2.15. The maximum atomic E-state index is 11.9. The van der Waals surface area contributed by atoms with Gasteiger partial charge in [-0.15, -0.1) is 0 Å². The highest BCUT2D eigenvalue weighted by Gasteiger charge is 2.09. The summed E-state index contributed by atoms with van der Waals surface area (Å²) < 4.78 is 4.82. The smallest absolute Gasteiger partial charge is 0.251 e. The van der Waals surface area contributed by atoms with Gasteiger partial charge in [-0.25, -0.2) is 4.98 Å². The molecule has 0 saturated carbocycles. The Morgan fingerprint density at radius 2 is 2.32 bits per heavy atom. The van der Waals surface area contributed by atoms with Crippen molar-refractivity contribution < 1.29 is 9.32 Å². The fourth-order valence-electron chi connectivity index (χ4n) is 1.45. The first-order chi connectivity index (χ1) is 9.19. The fourth-order valence-corrected chi connectivity index (χ4v) is 1.66. The summed E-state index contributed by atoms with van der Waals surface area (Å²) in [5, 5.41) is 9.31. The summed E-state index contributed by atoms with van der Waals surface area (Å²) in [6.45, 7) is 0.399. The number of aromatic nitrogens is 3. The van der Waals surface area contributed by atoms with Crippen LogP contribution in [0, 0.1) is 0 Å². The second kappa shape index (κ2) is 6.14. The van der Waals surface area contributed by atoms with Crippen molar-refractivity contribution in [3.05, 3.63) is 35.1 Å². The number of pyridine rings is 1. The van der Waals surface area contributed by atoms with Crippen LogP contribution in [0.25, 0.3) is 0 Å². The van der Waals surface area contributed by atoms with Gasteiger partial charge in [0.05, 0.1) is 0 Å². The van der Waals surface area contributed by atoms with Crippen LogP contribution in [0.2, 0.25) is 5.15 Å². The van der Waals surface area contributed by atoms with Crippen molar-refractivity contribution >= 4 is 23.3 Å². The molecule has 0 radical (unpaired) electrons. The highest BCUT2D eigenvalue weighted by Crippen LogP contribution is 2.13. The molecule has 0 aliphatic heterocycles. The van der Waals surface area contributed by atoms with E-state index in [4.69, 9.17) is 16.1 Å². The van der Waals surface area contributed by atoms with Crippen molar-refractivity contribution in [2.75, 3.05) is 18.9 Å². The molecule has 100 valence electrons. The van der Waals surface area contributed by atoms with E-state index >= 15 is 0 Å². The Morgan fingerprint density at radius 1 is 1.47 bits per heavy atom. The number of nitrogens with one attached hydrogen (secondary N) is 2. The lowest BCUT2D eigenvalue weighted by Gasteiger charge is -2.06. The summed E-state index contributed by atoms with van der Waals surface area (Å²) in [4.78, 5) is 19.8. The SMILES string of the molecule is CNc1cc(C(=O)NCCc2ncno2)cc(Cl)n1. The van der Waals surface area contributed by atoms with Gasteiger partial charge in [-0.05, 0) is 12.1 Å². The Labute approximate surface area is 114 Å². The highest BCUT2D eigenvalue weighted by molar-refractivity contribution is 6.29. The van der Waals surface area contributed by atoms with E-state index in [2.05, 4.69) is 25.8 Å². The Bertz CT molecular complexity index is 558. The summed E-state index contributed by atoms with van der Waals surface area (Å²) in [6.07, 6.45) is 1.79. The zero-order valence-corrected chi connectivity index (χ0v) is 10.9. The molecule has 2 aromatic heterocycles. The molecule has 2 N–H and O–H groups in total. The monoisotopic (exact) mass is 281 g/mol. The Morgan fingerprint density at radius 3 is 3.00 bits per heavy atom. The fraction of sp³-hybridized carbons (Fsp3) is 0.273. The average molecular weight is 282 g/mol. The van der Waals surface area contributed by atoms with E-state index in [9.17, 15) is 4.79 Å². The normalized spacial score (nSPS) is 10.2. The zero-order chi connectivity index (χ0) is 13.7. The predicted molar refractivity (Wildman–Crippen MR) is 69.1 cm³/mol. The number of halogens is 1. The topological polar surface area (TPSA) is 92.9 Å². The molecule has 0 saturated heterocycles. The van der Waals surface area contributed by atoms with Gasteiger partial charge < -0.3 is 15.2 Å². The molecule has 2 heterocycles. The minimum absolute atomic E-state index is 0.236. The first-order valence-electron chi connectivity index (χ1n) is 5.58. The molecule has 0 aliphatic rings. The van der Waals surface area contributed by atoms with Crippen LogP contribution in [0.15, 0.2) is 23.0 Å². The molecular weight excluding hydrogens is 270 g/mol. The summed E-state index contributed by atoms with van der Waals surface area (Å²) in [5.74, 6) is 0.777. The second-order valence-corrected chi connectivity index (χ2v) is 4.04.